The summed E-state index contributed by atoms with van der Waals surface area (Å²) in [4.78, 5) is 0. The van der Waals surface area contributed by atoms with Crippen LogP contribution in [0.2, 0.25) is 0 Å². The molecule has 14 heavy (non-hydrogen) atoms. The fourth-order valence-electron chi connectivity index (χ4n) is 2.10. The van der Waals surface area contributed by atoms with Gasteiger partial charge < -0.3 is 10.4 Å². The van der Waals surface area contributed by atoms with Gasteiger partial charge in [-0.1, -0.05) is 25.1 Å². The monoisotopic (exact) mass is 191 g/mol. The minimum Gasteiger partial charge on any atom is -0.393 e. The number of hydrogen-bond donors (Lipinski definition) is 2. The SMILES string of the molecule is CC(O)Cc1cccc2c1NCC2C. The van der Waals surface area contributed by atoms with E-state index in [0.29, 0.717) is 5.92 Å². The van der Waals surface area contributed by atoms with Crippen molar-refractivity contribution in [1.29, 1.82) is 0 Å². The highest BCUT2D eigenvalue weighted by Gasteiger charge is 2.20. The zero-order valence-electron chi connectivity index (χ0n) is 8.75. The van der Waals surface area contributed by atoms with E-state index in [0.717, 1.165) is 13.0 Å². The van der Waals surface area contributed by atoms with Gasteiger partial charge in [0.15, 0.2) is 0 Å². The van der Waals surface area contributed by atoms with Crippen molar-refractivity contribution in [2.45, 2.75) is 32.3 Å². The van der Waals surface area contributed by atoms with Crippen LogP contribution < -0.4 is 5.32 Å². The van der Waals surface area contributed by atoms with E-state index in [-0.39, 0.29) is 6.10 Å². The summed E-state index contributed by atoms with van der Waals surface area (Å²) in [6, 6.07) is 6.35. The average Bonchev–Trinajstić information content (AvgIpc) is 2.49. The van der Waals surface area contributed by atoms with E-state index >= 15 is 0 Å². The van der Waals surface area contributed by atoms with Gasteiger partial charge in [-0.3, -0.25) is 0 Å². The summed E-state index contributed by atoms with van der Waals surface area (Å²) in [6.45, 7) is 5.08. The maximum absolute atomic E-state index is 9.38. The van der Waals surface area contributed by atoms with Gasteiger partial charge in [0.2, 0.25) is 0 Å². The third kappa shape index (κ3) is 1.62. The van der Waals surface area contributed by atoms with Gasteiger partial charge in [0, 0.05) is 24.6 Å². The molecule has 0 amide bonds. The van der Waals surface area contributed by atoms with Gasteiger partial charge in [-0.25, -0.2) is 0 Å². The highest BCUT2D eigenvalue weighted by Crippen LogP contribution is 2.34. The molecule has 1 aliphatic heterocycles. The molecule has 1 aromatic carbocycles. The Kier molecular flexibility index (Phi) is 2.46. The number of fused-ring (bicyclic) bond motifs is 1. The molecule has 2 rings (SSSR count). The Morgan fingerprint density at radius 1 is 1.57 bits per heavy atom. The Morgan fingerprint density at radius 3 is 3.07 bits per heavy atom. The van der Waals surface area contributed by atoms with Crippen molar-refractivity contribution in [2.24, 2.45) is 0 Å². The molecular formula is C12H17NO. The van der Waals surface area contributed by atoms with Crippen molar-refractivity contribution < 1.29 is 5.11 Å². The van der Waals surface area contributed by atoms with E-state index in [2.05, 4.69) is 30.4 Å². The fraction of sp³-hybridized carbons (Fsp3) is 0.500. The first kappa shape index (κ1) is 9.53. The lowest BCUT2D eigenvalue weighted by Gasteiger charge is -2.10. The molecule has 0 saturated carbocycles. The summed E-state index contributed by atoms with van der Waals surface area (Å²) in [5.41, 5.74) is 3.88. The number of hydrogen-bond acceptors (Lipinski definition) is 2. The number of nitrogens with one attached hydrogen (secondary N) is 1. The molecule has 0 aliphatic carbocycles. The van der Waals surface area contributed by atoms with Crippen molar-refractivity contribution in [3.8, 4) is 0 Å². The summed E-state index contributed by atoms with van der Waals surface area (Å²) in [6.07, 6.45) is 0.474. The molecule has 2 atom stereocenters. The first-order valence-corrected chi connectivity index (χ1v) is 5.22. The Balaban J connectivity index is 2.34. The Morgan fingerprint density at radius 2 is 2.36 bits per heavy atom. The van der Waals surface area contributed by atoms with Crippen molar-refractivity contribution in [3.05, 3.63) is 29.3 Å². The number of para-hydroxylation sites is 1. The lowest BCUT2D eigenvalue weighted by Crippen LogP contribution is -2.06. The largest absolute Gasteiger partial charge is 0.393 e. The van der Waals surface area contributed by atoms with Gasteiger partial charge in [0.1, 0.15) is 0 Å². The van der Waals surface area contributed by atoms with Gasteiger partial charge in [-0.2, -0.15) is 0 Å². The van der Waals surface area contributed by atoms with Crippen LogP contribution in [0, 0.1) is 0 Å². The molecule has 1 aromatic rings. The van der Waals surface area contributed by atoms with Crippen LogP contribution in [0.5, 0.6) is 0 Å². The van der Waals surface area contributed by atoms with Crippen LogP contribution in [-0.2, 0) is 6.42 Å². The molecular weight excluding hydrogens is 174 g/mol. The standard InChI is InChI=1S/C12H17NO/c1-8-7-13-12-10(6-9(2)14)4-3-5-11(8)12/h3-5,8-9,13-14H,6-7H2,1-2H3. The quantitative estimate of drug-likeness (QED) is 0.750. The third-order valence-corrected chi connectivity index (χ3v) is 2.81. The Bertz CT molecular complexity index is 333. The van der Waals surface area contributed by atoms with Crippen molar-refractivity contribution >= 4 is 5.69 Å². The van der Waals surface area contributed by atoms with Crippen LogP contribution in [-0.4, -0.2) is 17.8 Å². The van der Waals surface area contributed by atoms with E-state index in [4.69, 9.17) is 0 Å². The second-order valence-electron chi connectivity index (χ2n) is 4.22. The maximum atomic E-state index is 9.38. The molecule has 0 bridgehead atoms. The third-order valence-electron chi connectivity index (χ3n) is 2.81. The first-order chi connectivity index (χ1) is 6.68. The van der Waals surface area contributed by atoms with Gasteiger partial charge in [0.05, 0.1) is 6.10 Å². The van der Waals surface area contributed by atoms with Gasteiger partial charge >= 0.3 is 0 Å². The molecule has 0 fully saturated rings. The summed E-state index contributed by atoms with van der Waals surface area (Å²) in [7, 11) is 0. The molecule has 0 saturated heterocycles. The van der Waals surface area contributed by atoms with Gasteiger partial charge in [-0.05, 0) is 18.1 Å². The minimum atomic E-state index is -0.265. The molecule has 76 valence electrons. The van der Waals surface area contributed by atoms with Crippen molar-refractivity contribution in [2.75, 3.05) is 11.9 Å². The first-order valence-electron chi connectivity index (χ1n) is 5.22. The molecule has 2 N–H and O–H groups in total. The van der Waals surface area contributed by atoms with Crippen LogP contribution in [0.25, 0.3) is 0 Å². The van der Waals surface area contributed by atoms with Crippen molar-refractivity contribution in [1.82, 2.24) is 0 Å². The number of aliphatic hydroxyl groups excluding tert-OH is 1. The Labute approximate surface area is 85.0 Å². The highest BCUT2D eigenvalue weighted by atomic mass is 16.3. The zero-order chi connectivity index (χ0) is 10.1. The number of aliphatic hydroxyl groups is 1. The second kappa shape index (κ2) is 3.62. The van der Waals surface area contributed by atoms with E-state index in [1.54, 1.807) is 0 Å². The summed E-state index contributed by atoms with van der Waals surface area (Å²) >= 11 is 0. The lowest BCUT2D eigenvalue weighted by molar-refractivity contribution is 0.195. The fourth-order valence-corrected chi connectivity index (χ4v) is 2.10. The van der Waals surface area contributed by atoms with Crippen LogP contribution >= 0.6 is 0 Å². The zero-order valence-corrected chi connectivity index (χ0v) is 8.75. The highest BCUT2D eigenvalue weighted by molar-refractivity contribution is 5.63. The number of benzene rings is 1. The normalized spacial score (nSPS) is 21.5. The van der Waals surface area contributed by atoms with E-state index in [1.165, 1.54) is 16.8 Å². The number of anilines is 1. The van der Waals surface area contributed by atoms with E-state index in [9.17, 15) is 5.11 Å². The summed E-state index contributed by atoms with van der Waals surface area (Å²) in [5, 5.41) is 12.8. The number of rotatable bonds is 2. The average molecular weight is 191 g/mol. The van der Waals surface area contributed by atoms with E-state index in [1.807, 2.05) is 6.92 Å². The maximum Gasteiger partial charge on any atom is 0.0553 e. The van der Waals surface area contributed by atoms with E-state index < -0.39 is 0 Å². The predicted octanol–water partition coefficient (Wildman–Crippen LogP) is 2.14. The van der Waals surface area contributed by atoms with Gasteiger partial charge in [-0.15, -0.1) is 0 Å². The summed E-state index contributed by atoms with van der Waals surface area (Å²) in [5.74, 6) is 0.596. The van der Waals surface area contributed by atoms with Crippen LogP contribution in [0.4, 0.5) is 5.69 Å². The molecule has 2 nitrogen and oxygen atoms in total. The molecule has 0 spiro atoms. The predicted molar refractivity (Wildman–Crippen MR) is 58.7 cm³/mol. The molecule has 1 heterocycles. The second-order valence-corrected chi connectivity index (χ2v) is 4.22. The lowest BCUT2D eigenvalue weighted by atomic mass is 9.98. The molecule has 0 aromatic heterocycles. The molecule has 0 radical (unpaired) electrons. The van der Waals surface area contributed by atoms with Gasteiger partial charge in [0.25, 0.3) is 0 Å². The van der Waals surface area contributed by atoms with Crippen LogP contribution in [0.1, 0.15) is 30.9 Å². The summed E-state index contributed by atoms with van der Waals surface area (Å²) < 4.78 is 0. The smallest absolute Gasteiger partial charge is 0.0553 e. The molecule has 2 unspecified atom stereocenters. The Hall–Kier alpha value is -1.02. The van der Waals surface area contributed by atoms with Crippen LogP contribution in [0.3, 0.4) is 0 Å². The molecule has 1 aliphatic rings. The van der Waals surface area contributed by atoms with Crippen LogP contribution in [0.15, 0.2) is 18.2 Å². The molecule has 2 heteroatoms. The minimum absolute atomic E-state index is 0.265. The van der Waals surface area contributed by atoms with Crippen molar-refractivity contribution in [3.63, 3.8) is 0 Å². The topological polar surface area (TPSA) is 32.3 Å².